The molecule has 1 heterocycles. The first-order valence-electron chi connectivity index (χ1n) is 5.60. The number of hydrogen-bond donors (Lipinski definition) is 3. The highest BCUT2D eigenvalue weighted by molar-refractivity contribution is 5.98. The smallest absolute Gasteiger partial charge is 0.257 e. The molecule has 0 aliphatic carbocycles. The first-order valence-corrected chi connectivity index (χ1v) is 5.60. The zero-order valence-electron chi connectivity index (χ0n) is 9.68. The molecule has 0 saturated carbocycles. The molecule has 0 aromatic heterocycles. The average molecular weight is 236 g/mol. The molecule has 1 fully saturated rings. The topological polar surface area (TPSA) is 72.8 Å². The normalized spacial score (nSPS) is 19.4. The Hall–Kier alpha value is -1.75. The van der Waals surface area contributed by atoms with Gasteiger partial charge in [0.1, 0.15) is 0 Å². The summed E-state index contributed by atoms with van der Waals surface area (Å²) >= 11 is 0. The number of nitrogens with one attached hydrogen (secondary N) is 1. The molecule has 1 saturated heterocycles. The van der Waals surface area contributed by atoms with Crippen LogP contribution in [0.4, 0.5) is 5.69 Å². The van der Waals surface area contributed by atoms with E-state index in [1.807, 2.05) is 0 Å². The molecule has 1 aromatic carbocycles. The zero-order chi connectivity index (χ0) is 12.4. The van der Waals surface area contributed by atoms with Crippen LogP contribution in [-0.2, 0) is 0 Å². The Morgan fingerprint density at radius 3 is 2.88 bits per heavy atom. The minimum atomic E-state index is -0.450. The van der Waals surface area contributed by atoms with Crippen molar-refractivity contribution >= 4 is 11.6 Å². The van der Waals surface area contributed by atoms with E-state index in [9.17, 15) is 15.0 Å². The van der Waals surface area contributed by atoms with Crippen LogP contribution >= 0.6 is 0 Å². The summed E-state index contributed by atoms with van der Waals surface area (Å²) in [4.78, 5) is 13.7. The second-order valence-electron chi connectivity index (χ2n) is 4.15. The molecule has 1 aromatic rings. The molecule has 0 radical (unpaired) electrons. The molecule has 0 bridgehead atoms. The van der Waals surface area contributed by atoms with Gasteiger partial charge in [0.15, 0.2) is 5.75 Å². The van der Waals surface area contributed by atoms with Crippen LogP contribution in [0.3, 0.4) is 0 Å². The van der Waals surface area contributed by atoms with Crippen molar-refractivity contribution in [2.45, 2.75) is 12.5 Å². The maximum absolute atomic E-state index is 12.1. The number of rotatable bonds is 2. The number of likely N-dealkylation sites (tertiary alicyclic amines) is 1. The summed E-state index contributed by atoms with van der Waals surface area (Å²) in [5.74, 6) is -0.280. The number of benzene rings is 1. The summed E-state index contributed by atoms with van der Waals surface area (Å²) in [6.45, 7) is 0.866. The quantitative estimate of drug-likeness (QED) is 0.659. The van der Waals surface area contributed by atoms with Crippen LogP contribution in [0.5, 0.6) is 5.75 Å². The third-order valence-electron chi connectivity index (χ3n) is 2.99. The monoisotopic (exact) mass is 236 g/mol. The number of carbonyl (C=O) groups is 1. The summed E-state index contributed by atoms with van der Waals surface area (Å²) in [7, 11) is 1.68. The number of anilines is 1. The molecule has 2 rings (SSSR count). The predicted octanol–water partition coefficient (Wildman–Crippen LogP) is 0.641. The van der Waals surface area contributed by atoms with Crippen LogP contribution in [0.25, 0.3) is 0 Å². The van der Waals surface area contributed by atoms with Crippen molar-refractivity contribution in [1.29, 1.82) is 0 Å². The number of aliphatic hydroxyl groups excluding tert-OH is 1. The highest BCUT2D eigenvalue weighted by Crippen LogP contribution is 2.28. The number of aromatic hydroxyl groups is 1. The summed E-state index contributed by atoms with van der Waals surface area (Å²) < 4.78 is 0. The maximum atomic E-state index is 12.1. The zero-order valence-corrected chi connectivity index (χ0v) is 9.68. The van der Waals surface area contributed by atoms with Gasteiger partial charge in [-0.15, -0.1) is 0 Å². The van der Waals surface area contributed by atoms with E-state index in [4.69, 9.17) is 0 Å². The van der Waals surface area contributed by atoms with Gasteiger partial charge in [0.2, 0.25) is 0 Å². The SMILES string of the molecule is CNc1cccc(C(=O)N2CC[C@@H](O)C2)c1O. The van der Waals surface area contributed by atoms with Gasteiger partial charge in [0, 0.05) is 20.1 Å². The molecule has 0 spiro atoms. The molecule has 5 nitrogen and oxygen atoms in total. The molecular formula is C12H16N2O3. The molecule has 1 atom stereocenters. The second kappa shape index (κ2) is 4.63. The number of β-amino-alcohol motifs (C(OH)–C–C–N with tert-alkyl or cyclic N) is 1. The average Bonchev–Trinajstić information content (AvgIpc) is 2.75. The highest BCUT2D eigenvalue weighted by Gasteiger charge is 2.27. The van der Waals surface area contributed by atoms with Crippen molar-refractivity contribution in [2.75, 3.05) is 25.5 Å². The summed E-state index contributed by atoms with van der Waals surface area (Å²) in [5, 5.41) is 22.1. The lowest BCUT2D eigenvalue weighted by atomic mass is 10.1. The van der Waals surface area contributed by atoms with E-state index in [-0.39, 0.29) is 17.2 Å². The third-order valence-corrected chi connectivity index (χ3v) is 2.99. The molecule has 92 valence electrons. The van der Waals surface area contributed by atoms with Crippen LogP contribution in [0.1, 0.15) is 16.8 Å². The van der Waals surface area contributed by atoms with Crippen molar-refractivity contribution in [1.82, 2.24) is 4.90 Å². The fraction of sp³-hybridized carbons (Fsp3) is 0.417. The molecule has 1 aliphatic rings. The van der Waals surface area contributed by atoms with Crippen LogP contribution < -0.4 is 5.32 Å². The van der Waals surface area contributed by atoms with Gasteiger partial charge in [-0.05, 0) is 18.6 Å². The second-order valence-corrected chi connectivity index (χ2v) is 4.15. The van der Waals surface area contributed by atoms with E-state index in [0.717, 1.165) is 0 Å². The molecule has 1 amide bonds. The number of phenols is 1. The van der Waals surface area contributed by atoms with E-state index < -0.39 is 6.10 Å². The standard InChI is InChI=1S/C12H16N2O3/c1-13-10-4-2-3-9(11(10)16)12(17)14-6-5-8(15)7-14/h2-4,8,13,15-16H,5-7H2,1H3/t8-/m1/s1. The minimum absolute atomic E-state index is 0.0404. The molecule has 0 unspecified atom stereocenters. The lowest BCUT2D eigenvalue weighted by Crippen LogP contribution is -2.29. The van der Waals surface area contributed by atoms with Crippen LogP contribution in [0.2, 0.25) is 0 Å². The van der Waals surface area contributed by atoms with Gasteiger partial charge in [-0.2, -0.15) is 0 Å². The minimum Gasteiger partial charge on any atom is -0.505 e. The number of aliphatic hydroxyl groups is 1. The van der Waals surface area contributed by atoms with Gasteiger partial charge in [0.25, 0.3) is 5.91 Å². The number of nitrogens with zero attached hydrogens (tertiary/aromatic N) is 1. The van der Waals surface area contributed by atoms with Crippen molar-refractivity contribution in [3.63, 3.8) is 0 Å². The van der Waals surface area contributed by atoms with E-state index in [1.165, 1.54) is 0 Å². The lowest BCUT2D eigenvalue weighted by molar-refractivity contribution is 0.0762. The van der Waals surface area contributed by atoms with Crippen molar-refractivity contribution in [2.24, 2.45) is 0 Å². The Labute approximate surface area is 99.7 Å². The van der Waals surface area contributed by atoms with Crippen molar-refractivity contribution < 1.29 is 15.0 Å². The molecule has 17 heavy (non-hydrogen) atoms. The number of para-hydroxylation sites is 1. The fourth-order valence-electron chi connectivity index (χ4n) is 2.01. The fourth-order valence-corrected chi connectivity index (χ4v) is 2.01. The molecular weight excluding hydrogens is 220 g/mol. The van der Waals surface area contributed by atoms with Gasteiger partial charge in [0.05, 0.1) is 17.4 Å². The van der Waals surface area contributed by atoms with Crippen LogP contribution in [-0.4, -0.2) is 47.3 Å². The molecule has 3 N–H and O–H groups in total. The van der Waals surface area contributed by atoms with Crippen LogP contribution in [0.15, 0.2) is 18.2 Å². The Morgan fingerprint density at radius 1 is 1.53 bits per heavy atom. The Bertz CT molecular complexity index is 434. The lowest BCUT2D eigenvalue weighted by Gasteiger charge is -2.17. The van der Waals surface area contributed by atoms with Gasteiger partial charge in [-0.1, -0.05) is 6.07 Å². The number of phenolic OH excluding ortho intramolecular Hbond substituents is 1. The number of amides is 1. The Morgan fingerprint density at radius 2 is 2.29 bits per heavy atom. The van der Waals surface area contributed by atoms with Crippen LogP contribution in [0, 0.1) is 0 Å². The first-order chi connectivity index (χ1) is 8.13. The van der Waals surface area contributed by atoms with Gasteiger partial charge >= 0.3 is 0 Å². The highest BCUT2D eigenvalue weighted by atomic mass is 16.3. The Balaban J connectivity index is 2.25. The molecule has 5 heteroatoms. The third kappa shape index (κ3) is 2.19. The van der Waals surface area contributed by atoms with E-state index >= 15 is 0 Å². The summed E-state index contributed by atoms with van der Waals surface area (Å²) in [6, 6.07) is 5.00. The summed E-state index contributed by atoms with van der Waals surface area (Å²) in [5.41, 5.74) is 0.793. The Kier molecular flexibility index (Phi) is 3.19. The first kappa shape index (κ1) is 11.7. The van der Waals surface area contributed by atoms with Gasteiger partial charge in [-0.3, -0.25) is 4.79 Å². The van der Waals surface area contributed by atoms with Gasteiger partial charge in [-0.25, -0.2) is 0 Å². The predicted molar refractivity (Wildman–Crippen MR) is 64.2 cm³/mol. The van der Waals surface area contributed by atoms with E-state index in [2.05, 4.69) is 5.32 Å². The van der Waals surface area contributed by atoms with Gasteiger partial charge < -0.3 is 20.4 Å². The van der Waals surface area contributed by atoms with Crippen molar-refractivity contribution in [3.8, 4) is 5.75 Å². The van der Waals surface area contributed by atoms with E-state index in [0.29, 0.717) is 25.2 Å². The number of carbonyl (C=O) groups excluding carboxylic acids is 1. The number of hydrogen-bond acceptors (Lipinski definition) is 4. The summed E-state index contributed by atoms with van der Waals surface area (Å²) in [6.07, 6.45) is 0.145. The maximum Gasteiger partial charge on any atom is 0.257 e. The molecule has 1 aliphatic heterocycles. The van der Waals surface area contributed by atoms with E-state index in [1.54, 1.807) is 30.1 Å². The largest absolute Gasteiger partial charge is 0.505 e. The van der Waals surface area contributed by atoms with Crippen molar-refractivity contribution in [3.05, 3.63) is 23.8 Å².